The monoisotopic (exact) mass is 395 g/mol. The highest BCUT2D eigenvalue weighted by Gasteiger charge is 2.43. The topological polar surface area (TPSA) is 117 Å². The predicted octanol–water partition coefficient (Wildman–Crippen LogP) is 0.630. The quantitative estimate of drug-likeness (QED) is 0.368. The van der Waals surface area contributed by atoms with Crippen LogP contribution < -0.4 is 5.32 Å². The van der Waals surface area contributed by atoms with Gasteiger partial charge in [-0.2, -0.15) is 0 Å². The van der Waals surface area contributed by atoms with Crippen molar-refractivity contribution in [3.05, 3.63) is 35.9 Å². The molecule has 28 heavy (non-hydrogen) atoms. The molecule has 9 nitrogen and oxygen atoms in total. The van der Waals surface area contributed by atoms with E-state index in [2.05, 4.69) is 14.8 Å². The summed E-state index contributed by atoms with van der Waals surface area (Å²) in [5.74, 6) is -5.70. The van der Waals surface area contributed by atoms with E-state index in [9.17, 15) is 19.2 Å². The Labute approximate surface area is 163 Å². The number of benzene rings is 1. The molecule has 0 heterocycles. The fourth-order valence-electron chi connectivity index (χ4n) is 2.76. The van der Waals surface area contributed by atoms with Gasteiger partial charge in [0.1, 0.15) is 6.04 Å². The molecular formula is C19H25NO8. The van der Waals surface area contributed by atoms with E-state index in [0.717, 1.165) is 21.3 Å². The van der Waals surface area contributed by atoms with Gasteiger partial charge in [0.05, 0.1) is 21.3 Å². The SMILES string of the molecule is COC(=O)C(C(=O)OC)[C@H](C)[C@H](NC(=O)[C@H](OC)c1ccccc1)C(=O)OC. The first-order valence-electron chi connectivity index (χ1n) is 8.43. The third-order valence-electron chi connectivity index (χ3n) is 4.29. The van der Waals surface area contributed by atoms with Crippen molar-refractivity contribution in [3.8, 4) is 0 Å². The van der Waals surface area contributed by atoms with Gasteiger partial charge in [0.25, 0.3) is 5.91 Å². The second kappa shape index (κ2) is 11.0. The van der Waals surface area contributed by atoms with Crippen LogP contribution in [0.15, 0.2) is 30.3 Å². The highest BCUT2D eigenvalue weighted by molar-refractivity contribution is 5.96. The van der Waals surface area contributed by atoms with Crippen LogP contribution in [-0.4, -0.2) is 58.3 Å². The molecule has 0 aliphatic carbocycles. The van der Waals surface area contributed by atoms with Crippen molar-refractivity contribution in [2.45, 2.75) is 19.1 Å². The van der Waals surface area contributed by atoms with Crippen LogP contribution in [0, 0.1) is 11.8 Å². The third kappa shape index (κ3) is 5.53. The van der Waals surface area contributed by atoms with E-state index in [1.54, 1.807) is 30.3 Å². The average Bonchev–Trinajstić information content (AvgIpc) is 2.72. The average molecular weight is 395 g/mol. The van der Waals surface area contributed by atoms with Crippen LogP contribution in [0.25, 0.3) is 0 Å². The molecule has 0 saturated carbocycles. The van der Waals surface area contributed by atoms with Gasteiger partial charge in [-0.3, -0.25) is 14.4 Å². The van der Waals surface area contributed by atoms with Crippen molar-refractivity contribution in [1.29, 1.82) is 0 Å². The Balaban J connectivity index is 3.16. The zero-order valence-corrected chi connectivity index (χ0v) is 16.5. The van der Waals surface area contributed by atoms with Crippen molar-refractivity contribution in [2.75, 3.05) is 28.4 Å². The maximum atomic E-state index is 12.7. The summed E-state index contributed by atoms with van der Waals surface area (Å²) in [4.78, 5) is 49.1. The third-order valence-corrected chi connectivity index (χ3v) is 4.29. The summed E-state index contributed by atoms with van der Waals surface area (Å²) in [6.45, 7) is 1.44. The molecular weight excluding hydrogens is 370 g/mol. The predicted molar refractivity (Wildman–Crippen MR) is 96.8 cm³/mol. The fourth-order valence-corrected chi connectivity index (χ4v) is 2.76. The summed E-state index contributed by atoms with van der Waals surface area (Å²) in [6, 6.07) is 7.32. The molecule has 0 bridgehead atoms. The van der Waals surface area contributed by atoms with Crippen molar-refractivity contribution in [2.24, 2.45) is 11.8 Å². The molecule has 1 amide bonds. The van der Waals surface area contributed by atoms with Gasteiger partial charge in [0.15, 0.2) is 12.0 Å². The molecule has 0 aromatic heterocycles. The van der Waals surface area contributed by atoms with Crippen molar-refractivity contribution < 1.29 is 38.1 Å². The summed E-state index contributed by atoms with van der Waals surface area (Å²) in [5.41, 5.74) is 0.566. The first kappa shape index (κ1) is 23.1. The summed E-state index contributed by atoms with van der Waals surface area (Å²) >= 11 is 0. The van der Waals surface area contributed by atoms with Gasteiger partial charge in [0.2, 0.25) is 0 Å². The van der Waals surface area contributed by atoms with E-state index in [-0.39, 0.29) is 0 Å². The number of ether oxygens (including phenoxy) is 4. The molecule has 1 aromatic rings. The lowest BCUT2D eigenvalue weighted by molar-refractivity contribution is -0.164. The molecule has 0 unspecified atom stereocenters. The van der Waals surface area contributed by atoms with Crippen LogP contribution in [-0.2, 0) is 38.1 Å². The van der Waals surface area contributed by atoms with Crippen LogP contribution in [0.1, 0.15) is 18.6 Å². The molecule has 1 rings (SSSR count). The number of hydrogen-bond acceptors (Lipinski definition) is 8. The fraction of sp³-hybridized carbons (Fsp3) is 0.474. The van der Waals surface area contributed by atoms with Crippen molar-refractivity contribution in [1.82, 2.24) is 5.32 Å². The van der Waals surface area contributed by atoms with E-state index in [1.807, 2.05) is 0 Å². The van der Waals surface area contributed by atoms with E-state index >= 15 is 0 Å². The molecule has 0 fully saturated rings. The van der Waals surface area contributed by atoms with E-state index in [1.165, 1.54) is 14.0 Å². The number of hydrogen-bond donors (Lipinski definition) is 1. The zero-order valence-electron chi connectivity index (χ0n) is 16.5. The number of carbonyl (C=O) groups excluding carboxylic acids is 4. The highest BCUT2D eigenvalue weighted by Crippen LogP contribution is 2.22. The molecule has 0 aliphatic heterocycles. The van der Waals surface area contributed by atoms with Gasteiger partial charge >= 0.3 is 17.9 Å². The molecule has 0 saturated heterocycles. The zero-order chi connectivity index (χ0) is 21.3. The minimum atomic E-state index is -1.43. The normalized spacial score (nSPS) is 13.8. The van der Waals surface area contributed by atoms with E-state index in [4.69, 9.17) is 9.47 Å². The van der Waals surface area contributed by atoms with Gasteiger partial charge < -0.3 is 24.3 Å². The van der Waals surface area contributed by atoms with Crippen molar-refractivity contribution in [3.63, 3.8) is 0 Å². The second-order valence-corrected chi connectivity index (χ2v) is 5.92. The molecule has 3 atom stereocenters. The second-order valence-electron chi connectivity index (χ2n) is 5.92. The Bertz CT molecular complexity index is 674. The minimum absolute atomic E-state index is 0.566. The Morgan fingerprint density at radius 2 is 1.32 bits per heavy atom. The highest BCUT2D eigenvalue weighted by atomic mass is 16.5. The first-order chi connectivity index (χ1) is 13.3. The molecule has 1 N–H and O–H groups in total. The smallest absolute Gasteiger partial charge is 0.328 e. The van der Waals surface area contributed by atoms with Crippen molar-refractivity contribution >= 4 is 23.8 Å². The molecule has 0 radical (unpaired) electrons. The lowest BCUT2D eigenvalue weighted by Crippen LogP contribution is -2.52. The molecule has 9 heteroatoms. The Morgan fingerprint density at radius 1 is 0.821 bits per heavy atom. The Hall–Kier alpha value is -2.94. The maximum absolute atomic E-state index is 12.7. The summed E-state index contributed by atoms with van der Waals surface area (Å²) in [7, 11) is 4.68. The van der Waals surface area contributed by atoms with Gasteiger partial charge in [-0.15, -0.1) is 0 Å². The molecule has 0 aliphatic rings. The molecule has 1 aromatic carbocycles. The Morgan fingerprint density at radius 3 is 1.75 bits per heavy atom. The lowest BCUT2D eigenvalue weighted by Gasteiger charge is -2.28. The molecule has 154 valence electrons. The lowest BCUT2D eigenvalue weighted by atomic mass is 9.87. The maximum Gasteiger partial charge on any atom is 0.328 e. The van der Waals surface area contributed by atoms with Crippen LogP contribution >= 0.6 is 0 Å². The number of amides is 1. The minimum Gasteiger partial charge on any atom is -0.468 e. The summed E-state index contributed by atoms with van der Waals surface area (Å²) in [5, 5.41) is 2.50. The van der Waals surface area contributed by atoms with Gasteiger partial charge in [-0.05, 0) is 5.56 Å². The van der Waals surface area contributed by atoms with Gasteiger partial charge in [0, 0.05) is 13.0 Å². The number of rotatable bonds is 9. The number of methoxy groups -OCH3 is 4. The van der Waals surface area contributed by atoms with Gasteiger partial charge in [-0.25, -0.2) is 4.79 Å². The number of nitrogens with one attached hydrogen (secondary N) is 1. The Kier molecular flexibility index (Phi) is 9.10. The number of esters is 3. The summed E-state index contributed by atoms with van der Waals surface area (Å²) < 4.78 is 19.2. The van der Waals surface area contributed by atoms with Crippen LogP contribution in [0.5, 0.6) is 0 Å². The van der Waals surface area contributed by atoms with E-state index < -0.39 is 47.8 Å². The molecule has 0 spiro atoms. The summed E-state index contributed by atoms with van der Waals surface area (Å²) in [6.07, 6.45) is -1.00. The van der Waals surface area contributed by atoms with Crippen LogP contribution in [0.3, 0.4) is 0 Å². The standard InChI is InChI=1S/C19H25NO8/c1-11(13(17(22)26-3)18(23)27-4)14(19(24)28-5)20-16(21)15(25-2)12-9-7-6-8-10-12/h6-11,13-15H,1-5H3,(H,20,21)/t11-,14-,15+/m0/s1. The first-order valence-corrected chi connectivity index (χ1v) is 8.43. The van der Waals surface area contributed by atoms with Crippen LogP contribution in [0.2, 0.25) is 0 Å². The van der Waals surface area contributed by atoms with E-state index in [0.29, 0.717) is 5.56 Å². The largest absolute Gasteiger partial charge is 0.468 e. The van der Waals surface area contributed by atoms with Crippen LogP contribution in [0.4, 0.5) is 0 Å². The van der Waals surface area contributed by atoms with Gasteiger partial charge in [-0.1, -0.05) is 37.3 Å². The number of carbonyl (C=O) groups is 4.